The maximum absolute atomic E-state index is 11.4. The zero-order valence-corrected chi connectivity index (χ0v) is 11.3. The number of nitrogens with zero attached hydrogens (tertiary/aromatic N) is 2. The van der Waals surface area contributed by atoms with E-state index in [2.05, 4.69) is 36.9 Å². The van der Waals surface area contributed by atoms with Crippen LogP contribution in [0.25, 0.3) is 0 Å². The predicted molar refractivity (Wildman–Crippen MR) is 72.1 cm³/mol. The summed E-state index contributed by atoms with van der Waals surface area (Å²) in [7, 11) is 1.43. The summed E-state index contributed by atoms with van der Waals surface area (Å²) >= 11 is 0. The monoisotopic (exact) mass is 248 g/mol. The van der Waals surface area contributed by atoms with Gasteiger partial charge >= 0.3 is 6.09 Å². The van der Waals surface area contributed by atoms with Crippen LogP contribution < -0.4 is 4.90 Å². The molecule has 1 aliphatic rings. The van der Waals surface area contributed by atoms with E-state index in [-0.39, 0.29) is 6.09 Å². The van der Waals surface area contributed by atoms with Crippen LogP contribution in [0.1, 0.15) is 11.1 Å². The second-order valence-corrected chi connectivity index (χ2v) is 4.71. The van der Waals surface area contributed by atoms with Crippen LogP contribution in [0.15, 0.2) is 18.2 Å². The number of aryl methyl sites for hydroxylation is 2. The highest BCUT2D eigenvalue weighted by Gasteiger charge is 2.21. The van der Waals surface area contributed by atoms with Crippen molar-refractivity contribution in [3.05, 3.63) is 29.3 Å². The zero-order chi connectivity index (χ0) is 13.1. The van der Waals surface area contributed by atoms with Gasteiger partial charge in [0.15, 0.2) is 0 Å². The number of amides is 1. The third-order valence-electron chi connectivity index (χ3n) is 3.57. The highest BCUT2D eigenvalue weighted by Crippen LogP contribution is 2.20. The van der Waals surface area contributed by atoms with Crippen molar-refractivity contribution < 1.29 is 9.53 Å². The lowest BCUT2D eigenvalue weighted by Crippen LogP contribution is -2.48. The molecule has 0 aliphatic carbocycles. The Balaban J connectivity index is 2.01. The van der Waals surface area contributed by atoms with Gasteiger partial charge in [0.05, 0.1) is 7.11 Å². The minimum Gasteiger partial charge on any atom is -0.453 e. The van der Waals surface area contributed by atoms with Gasteiger partial charge in [-0.1, -0.05) is 6.07 Å². The van der Waals surface area contributed by atoms with Gasteiger partial charge in [0.2, 0.25) is 0 Å². The Bertz CT molecular complexity index is 437. The standard InChI is InChI=1S/C14H20N2O2/c1-11-4-5-13(10-12(11)2)15-6-8-16(9-7-15)14(17)18-3/h4-5,10H,6-9H2,1-3H3. The fourth-order valence-electron chi connectivity index (χ4n) is 2.20. The minimum atomic E-state index is -0.227. The van der Waals surface area contributed by atoms with Crippen LogP contribution in [-0.4, -0.2) is 44.3 Å². The number of ether oxygens (including phenoxy) is 1. The number of anilines is 1. The first-order chi connectivity index (χ1) is 8.61. The Kier molecular flexibility index (Phi) is 3.75. The highest BCUT2D eigenvalue weighted by atomic mass is 16.5. The highest BCUT2D eigenvalue weighted by molar-refractivity contribution is 5.68. The lowest BCUT2D eigenvalue weighted by atomic mass is 10.1. The maximum Gasteiger partial charge on any atom is 0.409 e. The summed E-state index contributed by atoms with van der Waals surface area (Å²) in [6.45, 7) is 7.41. The van der Waals surface area contributed by atoms with Crippen LogP contribution >= 0.6 is 0 Å². The van der Waals surface area contributed by atoms with Crippen molar-refractivity contribution >= 4 is 11.8 Å². The number of carbonyl (C=O) groups excluding carboxylic acids is 1. The normalized spacial score (nSPS) is 15.7. The fraction of sp³-hybridized carbons (Fsp3) is 0.500. The Morgan fingerprint density at radius 1 is 1.11 bits per heavy atom. The largest absolute Gasteiger partial charge is 0.453 e. The molecule has 0 bridgehead atoms. The molecule has 0 unspecified atom stereocenters. The molecule has 2 rings (SSSR count). The molecule has 0 saturated carbocycles. The third kappa shape index (κ3) is 2.58. The second kappa shape index (κ2) is 5.29. The predicted octanol–water partition coefficient (Wildman–Crippen LogP) is 2.19. The van der Waals surface area contributed by atoms with E-state index in [9.17, 15) is 4.79 Å². The summed E-state index contributed by atoms with van der Waals surface area (Å²) in [5.41, 5.74) is 3.86. The maximum atomic E-state index is 11.4. The molecule has 1 saturated heterocycles. The molecule has 4 heteroatoms. The number of carbonyl (C=O) groups is 1. The van der Waals surface area contributed by atoms with Gasteiger partial charge in [-0.05, 0) is 37.1 Å². The number of methoxy groups -OCH3 is 1. The first kappa shape index (κ1) is 12.7. The van der Waals surface area contributed by atoms with Gasteiger partial charge in [-0.3, -0.25) is 0 Å². The van der Waals surface area contributed by atoms with Crippen molar-refractivity contribution in [3.63, 3.8) is 0 Å². The van der Waals surface area contributed by atoms with Crippen LogP contribution in [0.2, 0.25) is 0 Å². The van der Waals surface area contributed by atoms with Crippen molar-refractivity contribution in [1.82, 2.24) is 4.90 Å². The molecule has 0 aromatic heterocycles. The molecule has 1 heterocycles. The molecule has 0 N–H and O–H groups in total. The molecule has 98 valence electrons. The molecule has 1 aromatic carbocycles. The SMILES string of the molecule is COC(=O)N1CCN(c2ccc(C)c(C)c2)CC1. The van der Waals surface area contributed by atoms with Crippen molar-refractivity contribution in [2.45, 2.75) is 13.8 Å². The summed E-state index contributed by atoms with van der Waals surface area (Å²) in [4.78, 5) is 15.5. The molecule has 18 heavy (non-hydrogen) atoms. The van der Waals surface area contributed by atoms with Gasteiger partial charge in [-0.25, -0.2) is 4.79 Å². The first-order valence-corrected chi connectivity index (χ1v) is 6.27. The molecular weight excluding hydrogens is 228 g/mol. The Morgan fingerprint density at radius 2 is 1.78 bits per heavy atom. The van der Waals surface area contributed by atoms with E-state index in [0.717, 1.165) is 26.2 Å². The lowest BCUT2D eigenvalue weighted by Gasteiger charge is -2.35. The van der Waals surface area contributed by atoms with Crippen molar-refractivity contribution in [1.29, 1.82) is 0 Å². The van der Waals surface area contributed by atoms with Gasteiger partial charge in [0, 0.05) is 31.9 Å². The number of rotatable bonds is 1. The minimum absolute atomic E-state index is 0.227. The van der Waals surface area contributed by atoms with Gasteiger partial charge in [0.25, 0.3) is 0 Å². The summed E-state index contributed by atoms with van der Waals surface area (Å²) < 4.78 is 4.73. The van der Waals surface area contributed by atoms with Crippen LogP contribution in [0.3, 0.4) is 0 Å². The summed E-state index contributed by atoms with van der Waals surface area (Å²) in [6.07, 6.45) is -0.227. The average Bonchev–Trinajstić information content (AvgIpc) is 2.41. The van der Waals surface area contributed by atoms with Crippen molar-refractivity contribution in [3.8, 4) is 0 Å². The van der Waals surface area contributed by atoms with Crippen LogP contribution in [-0.2, 0) is 4.74 Å². The zero-order valence-electron chi connectivity index (χ0n) is 11.3. The van der Waals surface area contributed by atoms with Gasteiger partial charge in [0.1, 0.15) is 0 Å². The molecule has 4 nitrogen and oxygen atoms in total. The van der Waals surface area contributed by atoms with E-state index in [4.69, 9.17) is 4.74 Å². The van der Waals surface area contributed by atoms with Gasteiger partial charge in [-0.15, -0.1) is 0 Å². The van der Waals surface area contributed by atoms with E-state index in [1.165, 1.54) is 23.9 Å². The molecule has 1 fully saturated rings. The number of piperazine rings is 1. The van der Waals surface area contributed by atoms with Gasteiger partial charge < -0.3 is 14.5 Å². The van der Waals surface area contributed by atoms with E-state index in [0.29, 0.717) is 0 Å². The number of hydrogen-bond donors (Lipinski definition) is 0. The lowest BCUT2D eigenvalue weighted by molar-refractivity contribution is 0.121. The summed E-state index contributed by atoms with van der Waals surface area (Å²) in [5, 5.41) is 0. The van der Waals surface area contributed by atoms with E-state index in [1.807, 2.05) is 0 Å². The van der Waals surface area contributed by atoms with E-state index >= 15 is 0 Å². The Labute approximate surface area is 108 Å². The van der Waals surface area contributed by atoms with E-state index in [1.54, 1.807) is 4.90 Å². The molecule has 0 atom stereocenters. The Morgan fingerprint density at radius 3 is 2.33 bits per heavy atom. The molecule has 1 amide bonds. The summed E-state index contributed by atoms with van der Waals surface area (Å²) in [5.74, 6) is 0. The molecule has 1 aliphatic heterocycles. The fourth-order valence-corrected chi connectivity index (χ4v) is 2.20. The summed E-state index contributed by atoms with van der Waals surface area (Å²) in [6, 6.07) is 6.51. The molecule has 1 aromatic rings. The molecule has 0 spiro atoms. The quantitative estimate of drug-likeness (QED) is 0.763. The van der Waals surface area contributed by atoms with E-state index < -0.39 is 0 Å². The topological polar surface area (TPSA) is 32.8 Å². The van der Waals surface area contributed by atoms with Gasteiger partial charge in [-0.2, -0.15) is 0 Å². The first-order valence-electron chi connectivity index (χ1n) is 6.27. The molecule has 0 radical (unpaired) electrons. The second-order valence-electron chi connectivity index (χ2n) is 4.71. The number of benzene rings is 1. The Hall–Kier alpha value is -1.71. The van der Waals surface area contributed by atoms with Crippen LogP contribution in [0.4, 0.5) is 10.5 Å². The average molecular weight is 248 g/mol. The van der Waals surface area contributed by atoms with Crippen molar-refractivity contribution in [2.75, 3.05) is 38.2 Å². The van der Waals surface area contributed by atoms with Crippen LogP contribution in [0.5, 0.6) is 0 Å². The smallest absolute Gasteiger partial charge is 0.409 e. The third-order valence-corrected chi connectivity index (χ3v) is 3.57. The molecular formula is C14H20N2O2. The van der Waals surface area contributed by atoms with Crippen LogP contribution in [0, 0.1) is 13.8 Å². The van der Waals surface area contributed by atoms with Crippen molar-refractivity contribution in [2.24, 2.45) is 0 Å². The number of hydrogen-bond acceptors (Lipinski definition) is 3.